The van der Waals surface area contributed by atoms with Gasteiger partial charge in [0.05, 0.1) is 17.1 Å². The van der Waals surface area contributed by atoms with Crippen molar-refractivity contribution in [3.05, 3.63) is 65.7 Å². The molecule has 8 heteroatoms. The van der Waals surface area contributed by atoms with Gasteiger partial charge in [0.1, 0.15) is 5.75 Å². The molecule has 2 aromatic rings. The maximum atomic E-state index is 12.6. The van der Waals surface area contributed by atoms with Crippen LogP contribution in [0.3, 0.4) is 0 Å². The predicted molar refractivity (Wildman–Crippen MR) is 114 cm³/mol. The van der Waals surface area contributed by atoms with Gasteiger partial charge in [-0.1, -0.05) is 42.5 Å². The smallest absolute Gasteiger partial charge is 0.260 e. The molecule has 1 saturated heterocycles. The third kappa shape index (κ3) is 5.60. The maximum Gasteiger partial charge on any atom is 0.260 e. The van der Waals surface area contributed by atoms with Crippen molar-refractivity contribution >= 4 is 21.7 Å². The van der Waals surface area contributed by atoms with Crippen molar-refractivity contribution in [3.63, 3.8) is 0 Å². The first-order valence-electron chi connectivity index (χ1n) is 9.93. The quantitative estimate of drug-likeness (QED) is 0.692. The van der Waals surface area contributed by atoms with E-state index in [1.165, 1.54) is 0 Å². The Bertz CT molecular complexity index is 992. The molecule has 2 aromatic carbocycles. The van der Waals surface area contributed by atoms with Crippen molar-refractivity contribution in [1.29, 1.82) is 0 Å². The number of hydrogen-bond donors (Lipinski definition) is 1. The van der Waals surface area contributed by atoms with Crippen molar-refractivity contribution in [1.82, 2.24) is 10.2 Å². The summed E-state index contributed by atoms with van der Waals surface area (Å²) in [7, 11) is -3.09. The molecule has 0 saturated carbocycles. The summed E-state index contributed by atoms with van der Waals surface area (Å²) in [6.07, 6.45) is 0.445. The summed E-state index contributed by atoms with van der Waals surface area (Å²) < 4.78 is 29.1. The second kappa shape index (κ2) is 9.75. The number of hydrogen-bond acceptors (Lipinski definition) is 5. The normalized spacial score (nSPS) is 17.3. The third-order valence-corrected chi connectivity index (χ3v) is 6.84. The minimum Gasteiger partial charge on any atom is -0.483 e. The Morgan fingerprint density at radius 1 is 1.10 bits per heavy atom. The SMILES string of the molecule is CCN(C(=O)COc1ccccc1C(=O)NCc1ccccc1)[C@@H]1CCS(=O)(=O)C1. The minimum absolute atomic E-state index is 0.00887. The number of sulfone groups is 1. The van der Waals surface area contributed by atoms with Gasteiger partial charge in [0.25, 0.3) is 11.8 Å². The molecule has 30 heavy (non-hydrogen) atoms. The van der Waals surface area contributed by atoms with Crippen molar-refractivity contribution < 1.29 is 22.7 Å². The number of nitrogens with one attached hydrogen (secondary N) is 1. The molecule has 2 amide bonds. The first-order chi connectivity index (χ1) is 14.4. The molecule has 0 radical (unpaired) electrons. The summed E-state index contributed by atoms with van der Waals surface area (Å²) in [6, 6.07) is 16.0. The summed E-state index contributed by atoms with van der Waals surface area (Å²) >= 11 is 0. The van der Waals surface area contributed by atoms with Crippen LogP contribution in [-0.4, -0.2) is 55.8 Å². The zero-order chi connectivity index (χ0) is 21.6. The van der Waals surface area contributed by atoms with Crippen LogP contribution >= 0.6 is 0 Å². The Morgan fingerprint density at radius 2 is 1.80 bits per heavy atom. The van der Waals surface area contributed by atoms with Crippen molar-refractivity contribution in [2.45, 2.75) is 25.9 Å². The molecule has 0 bridgehead atoms. The lowest BCUT2D eigenvalue weighted by Crippen LogP contribution is -2.43. The lowest BCUT2D eigenvalue weighted by atomic mass is 10.1. The topological polar surface area (TPSA) is 92.8 Å². The average molecular weight is 431 g/mol. The molecule has 1 aliphatic rings. The molecular weight excluding hydrogens is 404 g/mol. The maximum absolute atomic E-state index is 12.6. The van der Waals surface area contributed by atoms with Gasteiger partial charge in [0, 0.05) is 19.1 Å². The number of benzene rings is 2. The summed E-state index contributed by atoms with van der Waals surface area (Å²) in [5, 5.41) is 2.85. The molecule has 1 atom stereocenters. The number of para-hydroxylation sites is 1. The fraction of sp³-hybridized carbons (Fsp3) is 0.364. The van der Waals surface area contributed by atoms with Crippen LogP contribution in [0.5, 0.6) is 5.75 Å². The van der Waals surface area contributed by atoms with Crippen LogP contribution in [-0.2, 0) is 21.2 Å². The highest BCUT2D eigenvalue weighted by atomic mass is 32.2. The zero-order valence-corrected chi connectivity index (χ0v) is 17.7. The first-order valence-corrected chi connectivity index (χ1v) is 11.8. The Balaban J connectivity index is 1.61. The summed E-state index contributed by atoms with van der Waals surface area (Å²) in [5.41, 5.74) is 1.32. The molecule has 160 valence electrons. The van der Waals surface area contributed by atoms with E-state index in [2.05, 4.69) is 5.32 Å². The Morgan fingerprint density at radius 3 is 2.47 bits per heavy atom. The fourth-order valence-electron chi connectivity index (χ4n) is 3.54. The highest BCUT2D eigenvalue weighted by molar-refractivity contribution is 7.91. The lowest BCUT2D eigenvalue weighted by molar-refractivity contribution is -0.135. The first kappa shape index (κ1) is 21.8. The van der Waals surface area contributed by atoms with Crippen molar-refractivity contribution in [3.8, 4) is 5.75 Å². The van der Waals surface area contributed by atoms with Crippen molar-refractivity contribution in [2.24, 2.45) is 0 Å². The van der Waals surface area contributed by atoms with E-state index >= 15 is 0 Å². The third-order valence-electron chi connectivity index (χ3n) is 5.09. The van der Waals surface area contributed by atoms with Crippen LogP contribution in [0.1, 0.15) is 29.3 Å². The van der Waals surface area contributed by atoms with E-state index in [0.717, 1.165) is 5.56 Å². The van der Waals surface area contributed by atoms with Crippen LogP contribution in [0.4, 0.5) is 0 Å². The van der Waals surface area contributed by atoms with E-state index in [0.29, 0.717) is 30.8 Å². The van der Waals surface area contributed by atoms with Crippen LogP contribution < -0.4 is 10.1 Å². The highest BCUT2D eigenvalue weighted by Gasteiger charge is 2.34. The Labute approximate surface area is 177 Å². The van der Waals surface area contributed by atoms with E-state index in [9.17, 15) is 18.0 Å². The molecule has 0 spiro atoms. The monoisotopic (exact) mass is 430 g/mol. The molecule has 3 rings (SSSR count). The molecule has 1 N–H and O–H groups in total. The minimum atomic E-state index is -3.09. The van der Waals surface area contributed by atoms with Gasteiger partial charge in [0.2, 0.25) is 0 Å². The van der Waals surface area contributed by atoms with Gasteiger partial charge >= 0.3 is 0 Å². The largest absolute Gasteiger partial charge is 0.483 e. The zero-order valence-electron chi connectivity index (χ0n) is 16.9. The number of carbonyl (C=O) groups excluding carboxylic acids is 2. The number of amides is 2. The molecule has 1 heterocycles. The average Bonchev–Trinajstić information content (AvgIpc) is 3.11. The molecule has 1 fully saturated rings. The van der Waals surface area contributed by atoms with E-state index < -0.39 is 9.84 Å². The van der Waals surface area contributed by atoms with Gasteiger partial charge in [-0.3, -0.25) is 9.59 Å². The number of carbonyl (C=O) groups is 2. The number of nitrogens with zero attached hydrogens (tertiary/aromatic N) is 1. The Kier molecular flexibility index (Phi) is 7.10. The second-order valence-electron chi connectivity index (χ2n) is 7.19. The van der Waals surface area contributed by atoms with E-state index in [-0.39, 0.29) is 36.0 Å². The molecule has 1 aliphatic heterocycles. The van der Waals surface area contributed by atoms with E-state index in [4.69, 9.17) is 4.74 Å². The summed E-state index contributed by atoms with van der Waals surface area (Å²) in [4.78, 5) is 26.8. The lowest BCUT2D eigenvalue weighted by Gasteiger charge is -2.27. The van der Waals surface area contributed by atoms with Gasteiger partial charge in [-0.15, -0.1) is 0 Å². The van der Waals surface area contributed by atoms with E-state index in [1.807, 2.05) is 37.3 Å². The molecule has 0 aromatic heterocycles. The van der Waals surface area contributed by atoms with Crippen molar-refractivity contribution in [2.75, 3.05) is 24.7 Å². The summed E-state index contributed by atoms with van der Waals surface area (Å²) in [5.74, 6) is -0.181. The second-order valence-corrected chi connectivity index (χ2v) is 9.42. The van der Waals surface area contributed by atoms with Gasteiger partial charge in [0.15, 0.2) is 16.4 Å². The number of rotatable bonds is 8. The predicted octanol–water partition coefficient (Wildman–Crippen LogP) is 2.03. The molecular formula is C22H26N2O5S. The van der Waals surface area contributed by atoms with Crippen LogP contribution in [0.2, 0.25) is 0 Å². The molecule has 0 unspecified atom stereocenters. The van der Waals surface area contributed by atoms with Crippen LogP contribution in [0.15, 0.2) is 54.6 Å². The van der Waals surface area contributed by atoms with Gasteiger partial charge in [-0.25, -0.2) is 8.42 Å². The fourth-order valence-corrected chi connectivity index (χ4v) is 5.27. The Hall–Kier alpha value is -2.87. The van der Waals surface area contributed by atoms with Gasteiger partial charge in [-0.05, 0) is 31.0 Å². The van der Waals surface area contributed by atoms with E-state index in [1.54, 1.807) is 29.2 Å². The highest BCUT2D eigenvalue weighted by Crippen LogP contribution is 2.20. The number of likely N-dealkylation sites (N-methyl/N-ethyl adjacent to an activating group) is 1. The van der Waals surface area contributed by atoms with Gasteiger partial charge in [-0.2, -0.15) is 0 Å². The number of ether oxygens (including phenoxy) is 1. The van der Waals surface area contributed by atoms with Crippen LogP contribution in [0, 0.1) is 0 Å². The molecule has 7 nitrogen and oxygen atoms in total. The van der Waals surface area contributed by atoms with Gasteiger partial charge < -0.3 is 15.0 Å². The standard InChI is InChI=1S/C22H26N2O5S/c1-2-24(18-12-13-30(27,28)16-18)21(25)15-29-20-11-7-6-10-19(20)22(26)23-14-17-8-4-3-5-9-17/h3-11,18H,2,12-16H2,1H3,(H,23,26)/t18-/m1/s1. The summed E-state index contributed by atoms with van der Waals surface area (Å²) in [6.45, 7) is 2.34. The molecule has 0 aliphatic carbocycles. The van der Waals surface area contributed by atoms with Crippen LogP contribution in [0.25, 0.3) is 0 Å².